The van der Waals surface area contributed by atoms with E-state index in [9.17, 15) is 9.90 Å². The van der Waals surface area contributed by atoms with Gasteiger partial charge in [0.1, 0.15) is 5.75 Å². The van der Waals surface area contributed by atoms with Gasteiger partial charge < -0.3 is 21.5 Å². The van der Waals surface area contributed by atoms with Gasteiger partial charge in [-0.2, -0.15) is 0 Å². The van der Waals surface area contributed by atoms with Crippen LogP contribution in [0.15, 0.2) is 18.2 Å². The molecular weight excluding hydrogens is 206 g/mol. The lowest BCUT2D eigenvalue weighted by atomic mass is 10.2. The molecule has 2 rings (SSSR count). The molecule has 1 fully saturated rings. The van der Waals surface area contributed by atoms with E-state index in [1.165, 1.54) is 6.07 Å². The van der Waals surface area contributed by atoms with Gasteiger partial charge in [0, 0.05) is 23.8 Å². The standard InChI is InChI=1S/C11H15N3O2/c12-8-1-4-10(15)7(5-8)6-13-11(16)14-9-2-3-9/h1,4-5,9,15H,2-3,6,12H2,(H2,13,14,16). The van der Waals surface area contributed by atoms with E-state index in [0.29, 0.717) is 17.3 Å². The first kappa shape index (κ1) is 10.6. The Labute approximate surface area is 93.6 Å². The second-order valence-electron chi connectivity index (χ2n) is 3.99. The molecule has 2 amide bonds. The molecule has 1 aromatic rings. The van der Waals surface area contributed by atoms with Crippen molar-refractivity contribution in [2.45, 2.75) is 25.4 Å². The van der Waals surface area contributed by atoms with E-state index < -0.39 is 0 Å². The van der Waals surface area contributed by atoms with Gasteiger partial charge in [0.2, 0.25) is 0 Å². The Bertz CT molecular complexity index is 402. The second kappa shape index (κ2) is 4.30. The van der Waals surface area contributed by atoms with Crippen molar-refractivity contribution in [3.63, 3.8) is 0 Å². The minimum absolute atomic E-state index is 0.140. The summed E-state index contributed by atoms with van der Waals surface area (Å²) in [6.07, 6.45) is 2.11. The third kappa shape index (κ3) is 2.79. The second-order valence-corrected chi connectivity index (χ2v) is 3.99. The largest absolute Gasteiger partial charge is 0.508 e. The molecule has 0 unspecified atom stereocenters. The molecule has 0 bridgehead atoms. The summed E-state index contributed by atoms with van der Waals surface area (Å²) >= 11 is 0. The number of phenols is 1. The first-order valence-corrected chi connectivity index (χ1v) is 5.27. The van der Waals surface area contributed by atoms with Gasteiger partial charge >= 0.3 is 6.03 Å². The van der Waals surface area contributed by atoms with Crippen LogP contribution in [0.1, 0.15) is 18.4 Å². The molecule has 0 heterocycles. The Hall–Kier alpha value is -1.91. The van der Waals surface area contributed by atoms with Gasteiger partial charge in [0.05, 0.1) is 0 Å². The van der Waals surface area contributed by atoms with Crippen LogP contribution in [0.3, 0.4) is 0 Å². The molecule has 0 atom stereocenters. The van der Waals surface area contributed by atoms with E-state index in [1.807, 2.05) is 0 Å². The van der Waals surface area contributed by atoms with Gasteiger partial charge in [-0.3, -0.25) is 0 Å². The van der Waals surface area contributed by atoms with E-state index in [0.717, 1.165) is 12.8 Å². The number of hydrogen-bond acceptors (Lipinski definition) is 3. The fourth-order valence-corrected chi connectivity index (χ4v) is 1.39. The van der Waals surface area contributed by atoms with Gasteiger partial charge in [-0.1, -0.05) is 0 Å². The maximum Gasteiger partial charge on any atom is 0.315 e. The maximum absolute atomic E-state index is 11.3. The summed E-state index contributed by atoms with van der Waals surface area (Å²) in [5.41, 5.74) is 6.77. The molecular formula is C11H15N3O2. The van der Waals surface area contributed by atoms with Crippen molar-refractivity contribution in [2.24, 2.45) is 0 Å². The van der Waals surface area contributed by atoms with Crippen LogP contribution in [-0.4, -0.2) is 17.2 Å². The number of nitrogens with one attached hydrogen (secondary N) is 2. The van der Waals surface area contributed by atoms with Gasteiger partial charge in [0.15, 0.2) is 0 Å². The van der Waals surface area contributed by atoms with E-state index in [4.69, 9.17) is 5.73 Å². The monoisotopic (exact) mass is 221 g/mol. The van der Waals surface area contributed by atoms with Crippen LogP contribution in [0.25, 0.3) is 0 Å². The highest BCUT2D eigenvalue weighted by molar-refractivity contribution is 5.74. The lowest BCUT2D eigenvalue weighted by Crippen LogP contribution is -2.36. The number of amides is 2. The van der Waals surface area contributed by atoms with Crippen molar-refractivity contribution >= 4 is 11.7 Å². The van der Waals surface area contributed by atoms with Crippen LogP contribution in [0.5, 0.6) is 5.75 Å². The summed E-state index contributed by atoms with van der Waals surface area (Å²) < 4.78 is 0. The molecule has 0 spiro atoms. The first-order chi connectivity index (χ1) is 7.65. The van der Waals surface area contributed by atoms with E-state index in [2.05, 4.69) is 10.6 Å². The number of anilines is 1. The van der Waals surface area contributed by atoms with Crippen molar-refractivity contribution < 1.29 is 9.90 Å². The molecule has 16 heavy (non-hydrogen) atoms. The third-order valence-electron chi connectivity index (χ3n) is 2.46. The Morgan fingerprint density at radius 1 is 1.50 bits per heavy atom. The van der Waals surface area contributed by atoms with Crippen LogP contribution in [0, 0.1) is 0 Å². The molecule has 0 radical (unpaired) electrons. The maximum atomic E-state index is 11.3. The van der Waals surface area contributed by atoms with Gasteiger partial charge in [-0.15, -0.1) is 0 Å². The molecule has 5 heteroatoms. The van der Waals surface area contributed by atoms with E-state index >= 15 is 0 Å². The summed E-state index contributed by atoms with van der Waals surface area (Å²) in [4.78, 5) is 11.3. The number of nitrogens with two attached hydrogens (primary N) is 1. The fourth-order valence-electron chi connectivity index (χ4n) is 1.39. The minimum Gasteiger partial charge on any atom is -0.508 e. The normalized spacial score (nSPS) is 14.5. The molecule has 0 aromatic heterocycles. The zero-order valence-electron chi connectivity index (χ0n) is 8.86. The number of carbonyl (C=O) groups is 1. The number of urea groups is 1. The summed E-state index contributed by atoms with van der Waals surface area (Å²) in [5.74, 6) is 0.140. The Morgan fingerprint density at radius 2 is 2.25 bits per heavy atom. The van der Waals surface area contributed by atoms with Gasteiger partial charge in [-0.05, 0) is 31.0 Å². The number of nitrogen functional groups attached to an aromatic ring is 1. The molecule has 86 valence electrons. The number of rotatable bonds is 3. The molecule has 1 saturated carbocycles. The lowest BCUT2D eigenvalue weighted by Gasteiger charge is -2.08. The number of aromatic hydroxyl groups is 1. The third-order valence-corrected chi connectivity index (χ3v) is 2.46. The van der Waals surface area contributed by atoms with Gasteiger partial charge in [-0.25, -0.2) is 4.79 Å². The highest BCUT2D eigenvalue weighted by atomic mass is 16.3. The molecule has 1 aliphatic rings. The Kier molecular flexibility index (Phi) is 2.85. The average molecular weight is 221 g/mol. The summed E-state index contributed by atoms with van der Waals surface area (Å²) in [5, 5.41) is 15.0. The number of carbonyl (C=O) groups excluding carboxylic acids is 1. The van der Waals surface area contributed by atoms with Crippen molar-refractivity contribution in [3.8, 4) is 5.75 Å². The average Bonchev–Trinajstić information content (AvgIpc) is 3.03. The topological polar surface area (TPSA) is 87.4 Å². The summed E-state index contributed by atoms with van der Waals surface area (Å²) in [6.45, 7) is 0.273. The molecule has 5 nitrogen and oxygen atoms in total. The van der Waals surface area contributed by atoms with Crippen LogP contribution < -0.4 is 16.4 Å². The predicted molar refractivity (Wildman–Crippen MR) is 60.9 cm³/mol. The summed E-state index contributed by atoms with van der Waals surface area (Å²) in [7, 11) is 0. The quantitative estimate of drug-likeness (QED) is 0.452. The highest BCUT2D eigenvalue weighted by Gasteiger charge is 2.22. The van der Waals surface area contributed by atoms with Crippen LogP contribution >= 0.6 is 0 Å². The number of phenolic OH excluding ortho intramolecular Hbond substituents is 1. The highest BCUT2D eigenvalue weighted by Crippen LogP contribution is 2.20. The zero-order valence-corrected chi connectivity index (χ0v) is 8.86. The van der Waals surface area contributed by atoms with E-state index in [-0.39, 0.29) is 18.3 Å². The fraction of sp³-hybridized carbons (Fsp3) is 0.364. The minimum atomic E-state index is -0.204. The van der Waals surface area contributed by atoms with Crippen molar-refractivity contribution in [1.82, 2.24) is 10.6 Å². The zero-order chi connectivity index (χ0) is 11.5. The van der Waals surface area contributed by atoms with Crippen molar-refractivity contribution in [1.29, 1.82) is 0 Å². The van der Waals surface area contributed by atoms with Gasteiger partial charge in [0.25, 0.3) is 0 Å². The summed E-state index contributed by atoms with van der Waals surface area (Å²) in [6, 6.07) is 4.90. The molecule has 5 N–H and O–H groups in total. The Morgan fingerprint density at radius 3 is 2.94 bits per heavy atom. The lowest BCUT2D eigenvalue weighted by molar-refractivity contribution is 0.240. The van der Waals surface area contributed by atoms with Crippen LogP contribution in [0.4, 0.5) is 10.5 Å². The SMILES string of the molecule is Nc1ccc(O)c(CNC(=O)NC2CC2)c1. The number of hydrogen-bond donors (Lipinski definition) is 4. The number of benzene rings is 1. The molecule has 1 aromatic carbocycles. The predicted octanol–water partition coefficient (Wildman–Crippen LogP) is 0.936. The van der Waals surface area contributed by atoms with E-state index in [1.54, 1.807) is 12.1 Å². The molecule has 0 aliphatic heterocycles. The van der Waals surface area contributed by atoms with Crippen LogP contribution in [-0.2, 0) is 6.54 Å². The van der Waals surface area contributed by atoms with Crippen LogP contribution in [0.2, 0.25) is 0 Å². The van der Waals surface area contributed by atoms with Crippen molar-refractivity contribution in [2.75, 3.05) is 5.73 Å². The Balaban J connectivity index is 1.87. The molecule has 1 aliphatic carbocycles. The van der Waals surface area contributed by atoms with Crippen molar-refractivity contribution in [3.05, 3.63) is 23.8 Å². The smallest absolute Gasteiger partial charge is 0.315 e. The molecule has 0 saturated heterocycles. The first-order valence-electron chi connectivity index (χ1n) is 5.27.